The largest absolute Gasteiger partial charge is 0.475 e. The Morgan fingerprint density at radius 2 is 2.31 bits per heavy atom. The van der Waals surface area contributed by atoms with Crippen molar-refractivity contribution in [2.75, 3.05) is 20.5 Å². The van der Waals surface area contributed by atoms with Crippen molar-refractivity contribution in [2.24, 2.45) is 5.16 Å². The van der Waals surface area contributed by atoms with E-state index in [0.717, 1.165) is 0 Å². The Labute approximate surface area is 77.6 Å². The first kappa shape index (κ1) is 11.9. The smallest absolute Gasteiger partial charge is 0.187 e. The summed E-state index contributed by atoms with van der Waals surface area (Å²) in [7, 11) is 1.55. The standard InChI is InChI=1S/C8H15NO4/c1-8(13-6-4-9-10)3-5-12-7-11-2/h3-5,8,10H,6-7H2,1-2H3. The minimum Gasteiger partial charge on any atom is -0.475 e. The number of oxime groups is 1. The van der Waals surface area contributed by atoms with Gasteiger partial charge in [0, 0.05) is 7.11 Å². The van der Waals surface area contributed by atoms with Gasteiger partial charge in [-0.1, -0.05) is 5.16 Å². The van der Waals surface area contributed by atoms with Crippen LogP contribution in [0.4, 0.5) is 0 Å². The second kappa shape index (κ2) is 9.02. The molecule has 0 aliphatic rings. The minimum absolute atomic E-state index is 0.0881. The Balaban J connectivity index is 3.37. The molecule has 5 heteroatoms. The van der Waals surface area contributed by atoms with Crippen molar-refractivity contribution in [1.29, 1.82) is 0 Å². The fourth-order valence-corrected chi connectivity index (χ4v) is 0.557. The molecule has 0 fully saturated rings. The average Bonchev–Trinajstić information content (AvgIpc) is 2.13. The lowest BCUT2D eigenvalue weighted by atomic mass is 10.4. The first-order valence-corrected chi connectivity index (χ1v) is 3.86. The molecule has 0 aromatic carbocycles. The molecule has 1 atom stereocenters. The van der Waals surface area contributed by atoms with Gasteiger partial charge in [-0.25, -0.2) is 0 Å². The third-order valence-electron chi connectivity index (χ3n) is 1.15. The van der Waals surface area contributed by atoms with E-state index in [2.05, 4.69) is 9.89 Å². The molecule has 76 valence electrons. The number of nitrogens with zero attached hydrogens (tertiary/aromatic N) is 1. The second-order valence-electron chi connectivity index (χ2n) is 2.24. The summed E-state index contributed by atoms with van der Waals surface area (Å²) in [5.74, 6) is 0. The lowest BCUT2D eigenvalue weighted by Crippen LogP contribution is -2.06. The van der Waals surface area contributed by atoms with Gasteiger partial charge in [0.2, 0.25) is 0 Å². The monoisotopic (exact) mass is 189 g/mol. The van der Waals surface area contributed by atoms with Gasteiger partial charge in [-0.2, -0.15) is 0 Å². The highest BCUT2D eigenvalue weighted by Crippen LogP contribution is 1.92. The van der Waals surface area contributed by atoms with E-state index in [1.807, 2.05) is 6.92 Å². The SMILES string of the molecule is COCOC=CC(C)OCC=NO. The van der Waals surface area contributed by atoms with Crippen molar-refractivity contribution in [3.63, 3.8) is 0 Å². The zero-order valence-electron chi connectivity index (χ0n) is 7.84. The van der Waals surface area contributed by atoms with Crippen molar-refractivity contribution < 1.29 is 19.4 Å². The first-order chi connectivity index (χ1) is 6.31. The first-order valence-electron chi connectivity index (χ1n) is 3.86. The van der Waals surface area contributed by atoms with E-state index >= 15 is 0 Å². The third kappa shape index (κ3) is 8.84. The zero-order valence-corrected chi connectivity index (χ0v) is 7.84. The van der Waals surface area contributed by atoms with Crippen molar-refractivity contribution in [2.45, 2.75) is 13.0 Å². The van der Waals surface area contributed by atoms with Crippen molar-refractivity contribution >= 4 is 6.21 Å². The topological polar surface area (TPSA) is 60.3 Å². The number of rotatable bonds is 7. The van der Waals surface area contributed by atoms with Crippen LogP contribution in [-0.4, -0.2) is 38.0 Å². The highest BCUT2D eigenvalue weighted by atomic mass is 16.7. The van der Waals surface area contributed by atoms with Crippen LogP contribution in [-0.2, 0) is 14.2 Å². The maximum absolute atomic E-state index is 8.06. The fraction of sp³-hybridized carbons (Fsp3) is 0.625. The van der Waals surface area contributed by atoms with Crippen LogP contribution in [0.2, 0.25) is 0 Å². The van der Waals surface area contributed by atoms with E-state index < -0.39 is 0 Å². The highest BCUT2D eigenvalue weighted by Gasteiger charge is 1.93. The molecule has 0 amide bonds. The average molecular weight is 189 g/mol. The molecule has 0 heterocycles. The highest BCUT2D eigenvalue weighted by molar-refractivity contribution is 5.57. The Kier molecular flexibility index (Phi) is 8.28. The molecule has 0 aliphatic carbocycles. The van der Waals surface area contributed by atoms with Crippen LogP contribution in [0.15, 0.2) is 17.5 Å². The summed E-state index contributed by atoms with van der Waals surface area (Å²) in [6.45, 7) is 2.34. The summed E-state index contributed by atoms with van der Waals surface area (Å²) in [4.78, 5) is 0. The van der Waals surface area contributed by atoms with E-state index in [4.69, 9.17) is 14.7 Å². The molecule has 0 spiro atoms. The minimum atomic E-state index is -0.0881. The molecule has 0 aliphatic heterocycles. The molecular weight excluding hydrogens is 174 g/mol. The summed E-state index contributed by atoms with van der Waals surface area (Å²) < 4.78 is 14.7. The third-order valence-corrected chi connectivity index (χ3v) is 1.15. The van der Waals surface area contributed by atoms with Crippen LogP contribution in [0.1, 0.15) is 6.92 Å². The van der Waals surface area contributed by atoms with E-state index in [-0.39, 0.29) is 19.5 Å². The number of ether oxygens (including phenoxy) is 3. The number of hydrogen-bond donors (Lipinski definition) is 1. The molecular formula is C8H15NO4. The second-order valence-corrected chi connectivity index (χ2v) is 2.24. The molecule has 13 heavy (non-hydrogen) atoms. The van der Waals surface area contributed by atoms with E-state index in [1.165, 1.54) is 12.5 Å². The van der Waals surface area contributed by atoms with Crippen LogP contribution >= 0.6 is 0 Å². The lowest BCUT2D eigenvalue weighted by molar-refractivity contribution is 0.0181. The predicted octanol–water partition coefficient (Wildman–Crippen LogP) is 0.986. The molecule has 0 saturated heterocycles. The molecule has 1 N–H and O–H groups in total. The van der Waals surface area contributed by atoms with Gasteiger partial charge in [-0.15, -0.1) is 0 Å². The fourth-order valence-electron chi connectivity index (χ4n) is 0.557. The van der Waals surface area contributed by atoms with Gasteiger partial charge in [0.1, 0.15) is 0 Å². The summed E-state index contributed by atoms with van der Waals surface area (Å²) in [6.07, 6.45) is 4.41. The van der Waals surface area contributed by atoms with E-state index in [0.29, 0.717) is 0 Å². The van der Waals surface area contributed by atoms with Crippen LogP contribution in [0, 0.1) is 0 Å². The quantitative estimate of drug-likeness (QED) is 0.162. The van der Waals surface area contributed by atoms with Crippen molar-refractivity contribution in [1.82, 2.24) is 0 Å². The zero-order chi connectivity index (χ0) is 9.94. The Hall–Kier alpha value is -1.07. The van der Waals surface area contributed by atoms with Crippen LogP contribution < -0.4 is 0 Å². The van der Waals surface area contributed by atoms with Gasteiger partial charge >= 0.3 is 0 Å². The molecule has 0 radical (unpaired) electrons. The van der Waals surface area contributed by atoms with Gasteiger partial charge in [0.05, 0.1) is 25.2 Å². The number of hydrogen-bond acceptors (Lipinski definition) is 5. The maximum atomic E-state index is 8.06. The molecule has 5 nitrogen and oxygen atoms in total. The van der Waals surface area contributed by atoms with Gasteiger partial charge in [-0.3, -0.25) is 0 Å². The Morgan fingerprint density at radius 1 is 1.54 bits per heavy atom. The molecule has 0 aromatic heterocycles. The lowest BCUT2D eigenvalue weighted by Gasteiger charge is -2.05. The summed E-state index contributed by atoms with van der Waals surface area (Å²) >= 11 is 0. The van der Waals surface area contributed by atoms with E-state index in [1.54, 1.807) is 13.2 Å². The summed E-state index contributed by atoms with van der Waals surface area (Å²) in [6, 6.07) is 0. The molecule has 0 rings (SSSR count). The van der Waals surface area contributed by atoms with E-state index in [9.17, 15) is 0 Å². The van der Waals surface area contributed by atoms with Crippen LogP contribution in [0.25, 0.3) is 0 Å². The van der Waals surface area contributed by atoms with Gasteiger partial charge < -0.3 is 19.4 Å². The van der Waals surface area contributed by atoms with Gasteiger partial charge in [0.15, 0.2) is 6.79 Å². The van der Waals surface area contributed by atoms with Crippen LogP contribution in [0.5, 0.6) is 0 Å². The Morgan fingerprint density at radius 3 is 2.92 bits per heavy atom. The molecule has 0 saturated carbocycles. The predicted molar refractivity (Wildman–Crippen MR) is 47.8 cm³/mol. The molecule has 0 aromatic rings. The summed E-state index contributed by atoms with van der Waals surface area (Å²) in [5.41, 5.74) is 0. The maximum Gasteiger partial charge on any atom is 0.187 e. The van der Waals surface area contributed by atoms with Crippen molar-refractivity contribution in [3.8, 4) is 0 Å². The normalized spacial score (nSPS) is 14.0. The van der Waals surface area contributed by atoms with Crippen molar-refractivity contribution in [3.05, 3.63) is 12.3 Å². The van der Waals surface area contributed by atoms with Crippen LogP contribution in [0.3, 0.4) is 0 Å². The van der Waals surface area contributed by atoms with Gasteiger partial charge in [0.25, 0.3) is 0 Å². The Bertz CT molecular complexity index is 158. The molecule has 1 unspecified atom stereocenters. The summed E-state index contributed by atoms with van der Waals surface area (Å²) in [5, 5.41) is 10.8. The van der Waals surface area contributed by atoms with Gasteiger partial charge in [-0.05, 0) is 13.0 Å². The molecule has 0 bridgehead atoms. The number of methoxy groups -OCH3 is 1.